The Kier molecular flexibility index (Phi) is 35.5. The normalized spacial score (nSPS) is 10.8. The third-order valence-corrected chi connectivity index (χ3v) is 5.60. The van der Waals surface area contributed by atoms with Crippen LogP contribution in [0.25, 0.3) is 12.2 Å². The second kappa shape index (κ2) is 37.8. The van der Waals surface area contributed by atoms with Crippen molar-refractivity contribution in [1.29, 1.82) is 0 Å². The monoisotopic (exact) mass is 712 g/mol. The average molecular weight is 713 g/mol. The minimum atomic E-state index is -0.450. The van der Waals surface area contributed by atoms with Crippen LogP contribution in [0.1, 0.15) is 11.1 Å². The number of benzene rings is 2. The van der Waals surface area contributed by atoms with Gasteiger partial charge in [-0.2, -0.15) is 0 Å². The molecule has 0 saturated carbocycles. The maximum Gasteiger partial charge on any atom is 0.330 e. The molecule has 0 spiro atoms. The van der Waals surface area contributed by atoms with Gasteiger partial charge in [-0.05, 0) is 34.9 Å². The van der Waals surface area contributed by atoms with Crippen LogP contribution in [0.2, 0.25) is 0 Å². The lowest BCUT2D eigenvalue weighted by Gasteiger charge is -2.06. The molecule has 0 atom stereocenters. The summed E-state index contributed by atoms with van der Waals surface area (Å²) in [6.07, 6.45) is 6.12. The first-order valence-electron chi connectivity index (χ1n) is 15.9. The molecular formula is C36H53ClO12. The number of hydrogen-bond acceptors (Lipinski definition) is 12. The van der Waals surface area contributed by atoms with Crippen LogP contribution >= 0.6 is 11.6 Å². The SMILES string of the molecule is COCCOCCOCCOCCO.COCCOCCOCCOCCOC(=O)/C=C/c1ccccc1.O=C(Cl)/C=C/c1ccccc1. The average Bonchev–Trinajstić information content (AvgIpc) is 3.12. The summed E-state index contributed by atoms with van der Waals surface area (Å²) in [6.45, 7) is 7.53. The Morgan fingerprint density at radius 3 is 1.24 bits per heavy atom. The van der Waals surface area contributed by atoms with Crippen LogP contribution in [-0.2, 0) is 52.2 Å². The molecule has 0 fully saturated rings. The molecule has 2 aromatic carbocycles. The summed E-state index contributed by atoms with van der Waals surface area (Å²) < 4.78 is 45.9. The van der Waals surface area contributed by atoms with Gasteiger partial charge in [-0.25, -0.2) is 4.79 Å². The summed E-state index contributed by atoms with van der Waals surface area (Å²) in [6, 6.07) is 19.1. The number of ether oxygens (including phenoxy) is 9. The quantitative estimate of drug-likeness (QED) is 0.0619. The Labute approximate surface area is 295 Å². The number of esters is 1. The zero-order chi connectivity index (χ0) is 35.9. The van der Waals surface area contributed by atoms with E-state index in [1.165, 1.54) is 12.2 Å². The van der Waals surface area contributed by atoms with E-state index < -0.39 is 5.24 Å². The molecule has 0 amide bonds. The highest BCUT2D eigenvalue weighted by Gasteiger charge is 1.98. The van der Waals surface area contributed by atoms with E-state index in [0.29, 0.717) is 92.5 Å². The van der Waals surface area contributed by atoms with Crippen molar-refractivity contribution in [2.45, 2.75) is 0 Å². The molecule has 0 heterocycles. The van der Waals surface area contributed by atoms with Crippen LogP contribution in [0.4, 0.5) is 0 Å². The number of aliphatic hydroxyl groups excluding tert-OH is 1. The third kappa shape index (κ3) is 36.1. The van der Waals surface area contributed by atoms with Gasteiger partial charge < -0.3 is 47.7 Å². The van der Waals surface area contributed by atoms with Gasteiger partial charge in [0.2, 0.25) is 5.24 Å². The van der Waals surface area contributed by atoms with Crippen LogP contribution in [-0.4, -0.2) is 136 Å². The molecular weight excluding hydrogens is 660 g/mol. The van der Waals surface area contributed by atoms with Gasteiger partial charge in [0.15, 0.2) is 0 Å². The second-order valence-electron chi connectivity index (χ2n) is 9.34. The van der Waals surface area contributed by atoms with Gasteiger partial charge in [-0.1, -0.05) is 66.7 Å². The highest BCUT2D eigenvalue weighted by molar-refractivity contribution is 6.66. The van der Waals surface area contributed by atoms with E-state index in [0.717, 1.165) is 11.1 Å². The molecule has 0 saturated heterocycles. The first-order chi connectivity index (χ1) is 24.0. The standard InChI is InChI=1S/C18H26O6.C9H7ClO.C9H20O5/c1-20-9-10-21-11-12-22-13-14-23-15-16-24-18(19)8-7-17-5-3-2-4-6-17;10-9(11)7-6-8-4-2-1-3-5-8;1-11-4-5-13-8-9-14-7-6-12-3-2-10/h2-8H,9-16H2,1H3;1-7H;10H,2-9H2,1H3/b8-7+;7-6+;. The number of halogens is 1. The van der Waals surface area contributed by atoms with Crippen molar-refractivity contribution in [1.82, 2.24) is 0 Å². The van der Waals surface area contributed by atoms with E-state index in [9.17, 15) is 9.59 Å². The highest BCUT2D eigenvalue weighted by Crippen LogP contribution is 2.02. The molecule has 2 aromatic rings. The van der Waals surface area contributed by atoms with Crippen LogP contribution in [0.15, 0.2) is 72.8 Å². The summed E-state index contributed by atoms with van der Waals surface area (Å²) >= 11 is 5.10. The number of carbonyl (C=O) groups is 2. The first-order valence-corrected chi connectivity index (χ1v) is 16.3. The molecule has 49 heavy (non-hydrogen) atoms. The van der Waals surface area contributed by atoms with Gasteiger partial charge in [0.05, 0.1) is 99.1 Å². The van der Waals surface area contributed by atoms with Crippen molar-refractivity contribution in [2.24, 2.45) is 0 Å². The highest BCUT2D eigenvalue weighted by atomic mass is 35.5. The lowest BCUT2D eigenvalue weighted by Crippen LogP contribution is -2.13. The Balaban J connectivity index is 0.000000778. The molecule has 0 aromatic heterocycles. The Morgan fingerprint density at radius 1 is 0.531 bits per heavy atom. The van der Waals surface area contributed by atoms with E-state index in [1.807, 2.05) is 60.7 Å². The Morgan fingerprint density at radius 2 is 0.878 bits per heavy atom. The first kappa shape index (κ1) is 46.0. The molecule has 0 unspecified atom stereocenters. The van der Waals surface area contributed by atoms with Crippen molar-refractivity contribution in [2.75, 3.05) is 120 Å². The zero-order valence-corrected chi connectivity index (χ0v) is 29.5. The maximum atomic E-state index is 11.5. The van der Waals surface area contributed by atoms with E-state index in [2.05, 4.69) is 0 Å². The van der Waals surface area contributed by atoms with E-state index >= 15 is 0 Å². The van der Waals surface area contributed by atoms with E-state index in [-0.39, 0.29) is 19.2 Å². The van der Waals surface area contributed by atoms with Crippen molar-refractivity contribution >= 4 is 35.0 Å². The Bertz CT molecular complexity index is 1040. The fourth-order valence-electron chi connectivity index (χ4n) is 3.14. The fourth-order valence-corrected chi connectivity index (χ4v) is 3.20. The summed E-state index contributed by atoms with van der Waals surface area (Å²) in [5, 5.41) is 7.94. The van der Waals surface area contributed by atoms with Gasteiger partial charge in [-0.3, -0.25) is 4.79 Å². The fraction of sp³-hybridized carbons (Fsp3) is 0.500. The van der Waals surface area contributed by atoms with Crippen molar-refractivity contribution < 1.29 is 57.3 Å². The molecule has 1 N–H and O–H groups in total. The molecule has 2 rings (SSSR count). The molecule has 276 valence electrons. The maximum absolute atomic E-state index is 11.5. The van der Waals surface area contributed by atoms with Crippen molar-refractivity contribution in [3.8, 4) is 0 Å². The van der Waals surface area contributed by atoms with Crippen molar-refractivity contribution in [3.63, 3.8) is 0 Å². The minimum Gasteiger partial charge on any atom is -0.460 e. The molecule has 0 aliphatic carbocycles. The number of methoxy groups -OCH3 is 2. The van der Waals surface area contributed by atoms with Gasteiger partial charge >= 0.3 is 5.97 Å². The predicted molar refractivity (Wildman–Crippen MR) is 189 cm³/mol. The number of carbonyl (C=O) groups excluding carboxylic acids is 2. The lowest BCUT2D eigenvalue weighted by molar-refractivity contribution is -0.139. The van der Waals surface area contributed by atoms with Crippen LogP contribution in [0.3, 0.4) is 0 Å². The number of aliphatic hydroxyl groups is 1. The Hall–Kier alpha value is -3.01. The summed E-state index contributed by atoms with van der Waals surface area (Å²) in [5.41, 5.74) is 1.93. The van der Waals surface area contributed by atoms with Crippen molar-refractivity contribution in [3.05, 3.63) is 83.9 Å². The molecule has 13 heteroatoms. The molecule has 0 aliphatic heterocycles. The van der Waals surface area contributed by atoms with Crippen LogP contribution in [0.5, 0.6) is 0 Å². The van der Waals surface area contributed by atoms with Crippen LogP contribution < -0.4 is 0 Å². The summed E-state index contributed by atoms with van der Waals surface area (Å²) in [7, 11) is 3.27. The number of hydrogen-bond donors (Lipinski definition) is 1. The van der Waals surface area contributed by atoms with Gasteiger partial charge in [-0.15, -0.1) is 0 Å². The largest absolute Gasteiger partial charge is 0.460 e. The molecule has 12 nitrogen and oxygen atoms in total. The number of rotatable bonds is 27. The summed E-state index contributed by atoms with van der Waals surface area (Å²) in [5.74, 6) is -0.382. The van der Waals surface area contributed by atoms with Crippen LogP contribution in [0, 0.1) is 0 Å². The molecule has 0 radical (unpaired) electrons. The molecule has 0 aliphatic rings. The predicted octanol–water partition coefficient (Wildman–Crippen LogP) is 4.08. The van der Waals surface area contributed by atoms with Gasteiger partial charge in [0.1, 0.15) is 6.61 Å². The van der Waals surface area contributed by atoms with Gasteiger partial charge in [0, 0.05) is 20.3 Å². The third-order valence-electron chi connectivity index (χ3n) is 5.48. The van der Waals surface area contributed by atoms with E-state index in [1.54, 1.807) is 26.4 Å². The second-order valence-corrected chi connectivity index (χ2v) is 9.72. The van der Waals surface area contributed by atoms with Gasteiger partial charge in [0.25, 0.3) is 0 Å². The lowest BCUT2D eigenvalue weighted by atomic mass is 10.2. The smallest absolute Gasteiger partial charge is 0.330 e. The van der Waals surface area contributed by atoms with E-state index in [4.69, 9.17) is 59.3 Å². The molecule has 0 bridgehead atoms. The summed E-state index contributed by atoms with van der Waals surface area (Å²) in [4.78, 5) is 21.8. The minimum absolute atomic E-state index is 0.0557. The number of allylic oxidation sites excluding steroid dienone is 1. The topological polar surface area (TPSA) is 137 Å². The zero-order valence-electron chi connectivity index (χ0n) is 28.7.